The van der Waals surface area contributed by atoms with Crippen LogP contribution in [0.15, 0.2) is 58.1 Å². The number of nitrogens with zero attached hydrogens (tertiary/aromatic N) is 2. The molecule has 1 aliphatic heterocycles. The van der Waals surface area contributed by atoms with Crippen LogP contribution in [-0.2, 0) is 11.5 Å². The summed E-state index contributed by atoms with van der Waals surface area (Å²) in [6.45, 7) is 4.18. The number of benzene rings is 2. The van der Waals surface area contributed by atoms with Crippen molar-refractivity contribution in [2.24, 2.45) is 4.99 Å². The van der Waals surface area contributed by atoms with Crippen molar-refractivity contribution in [1.29, 1.82) is 0 Å². The van der Waals surface area contributed by atoms with Crippen LogP contribution < -0.4 is 0 Å². The van der Waals surface area contributed by atoms with Crippen molar-refractivity contribution in [3.05, 3.63) is 71.1 Å². The molecule has 3 aromatic rings. The maximum atomic E-state index is 5.70. The van der Waals surface area contributed by atoms with Crippen molar-refractivity contribution in [1.82, 2.24) is 4.98 Å². The van der Waals surface area contributed by atoms with Gasteiger partial charge in [-0.05, 0) is 37.1 Å². The molecular formula is C20H18N2OS2. The van der Waals surface area contributed by atoms with Gasteiger partial charge in [0.05, 0.1) is 11.4 Å². The molecular weight excluding hydrogens is 348 g/mol. The van der Waals surface area contributed by atoms with E-state index in [-0.39, 0.29) is 0 Å². The maximum absolute atomic E-state index is 5.70. The van der Waals surface area contributed by atoms with Crippen molar-refractivity contribution in [2.75, 3.05) is 0 Å². The van der Waals surface area contributed by atoms with E-state index in [9.17, 15) is 0 Å². The fraction of sp³-hybridized carbons (Fsp3) is 0.200. The number of hydrogen-bond acceptors (Lipinski definition) is 5. The summed E-state index contributed by atoms with van der Waals surface area (Å²) in [5.74, 6) is 2.44. The molecule has 4 rings (SSSR count). The highest BCUT2D eigenvalue weighted by molar-refractivity contribution is 8.38. The summed E-state index contributed by atoms with van der Waals surface area (Å²) in [5, 5.41) is 0. The topological polar surface area (TPSA) is 38.4 Å². The van der Waals surface area contributed by atoms with Gasteiger partial charge in [-0.1, -0.05) is 59.4 Å². The number of aryl methyl sites for hydroxylation is 2. The second-order valence-electron chi connectivity index (χ2n) is 6.05. The van der Waals surface area contributed by atoms with E-state index in [0.717, 1.165) is 32.8 Å². The first-order valence-electron chi connectivity index (χ1n) is 8.13. The maximum Gasteiger partial charge on any atom is 0.226 e. The summed E-state index contributed by atoms with van der Waals surface area (Å²) in [6, 6.07) is 14.6. The SMILES string of the molecule is Cc1ccc(-c2nc(CSC3=Nc4ccccc4CS3)co2)c(C)c1. The van der Waals surface area contributed by atoms with Gasteiger partial charge in [0.25, 0.3) is 0 Å². The molecule has 0 radical (unpaired) electrons. The van der Waals surface area contributed by atoms with Crippen molar-refractivity contribution in [3.8, 4) is 11.5 Å². The lowest BCUT2D eigenvalue weighted by molar-refractivity contribution is 0.573. The summed E-state index contributed by atoms with van der Waals surface area (Å²) in [4.78, 5) is 9.38. The number of fused-ring (bicyclic) bond motifs is 1. The summed E-state index contributed by atoms with van der Waals surface area (Å²) < 4.78 is 6.79. The molecule has 0 atom stereocenters. The number of thioether (sulfide) groups is 2. The van der Waals surface area contributed by atoms with Crippen LogP contribution in [0.5, 0.6) is 0 Å². The van der Waals surface area contributed by atoms with Crippen molar-refractivity contribution >= 4 is 33.6 Å². The molecule has 0 saturated carbocycles. The Kier molecular flexibility index (Phi) is 4.68. The summed E-state index contributed by atoms with van der Waals surface area (Å²) in [6.07, 6.45) is 1.75. The van der Waals surface area contributed by atoms with Crippen LogP contribution >= 0.6 is 23.5 Å². The molecule has 5 heteroatoms. The minimum absolute atomic E-state index is 0.691. The van der Waals surface area contributed by atoms with Gasteiger partial charge < -0.3 is 4.42 Å². The van der Waals surface area contributed by atoms with E-state index in [1.807, 2.05) is 6.07 Å². The van der Waals surface area contributed by atoms with Crippen molar-refractivity contribution in [3.63, 3.8) is 0 Å². The zero-order chi connectivity index (χ0) is 17.2. The molecule has 1 aliphatic rings. The predicted octanol–water partition coefficient (Wildman–Crippen LogP) is 6.13. The first kappa shape index (κ1) is 16.5. The monoisotopic (exact) mass is 366 g/mol. The van der Waals surface area contributed by atoms with Gasteiger partial charge >= 0.3 is 0 Å². The molecule has 0 saturated heterocycles. The molecule has 1 aromatic heterocycles. The Hall–Kier alpha value is -1.98. The smallest absolute Gasteiger partial charge is 0.226 e. The Bertz CT molecular complexity index is 946. The molecule has 25 heavy (non-hydrogen) atoms. The van der Waals surface area contributed by atoms with E-state index in [1.54, 1.807) is 29.8 Å². The van der Waals surface area contributed by atoms with E-state index in [2.05, 4.69) is 55.2 Å². The van der Waals surface area contributed by atoms with Crippen LogP contribution in [0.2, 0.25) is 0 Å². The normalized spacial score (nSPS) is 13.4. The third kappa shape index (κ3) is 3.67. The molecule has 0 amide bonds. The highest BCUT2D eigenvalue weighted by atomic mass is 32.2. The van der Waals surface area contributed by atoms with Crippen LogP contribution in [0.3, 0.4) is 0 Å². The summed E-state index contributed by atoms with van der Waals surface area (Å²) >= 11 is 3.51. The zero-order valence-corrected chi connectivity index (χ0v) is 15.8. The molecule has 2 heterocycles. The average Bonchev–Trinajstić information content (AvgIpc) is 3.08. The van der Waals surface area contributed by atoms with Crippen LogP contribution in [-0.4, -0.2) is 9.36 Å². The molecule has 2 aromatic carbocycles. The van der Waals surface area contributed by atoms with E-state index < -0.39 is 0 Å². The Morgan fingerprint density at radius 3 is 2.92 bits per heavy atom. The van der Waals surface area contributed by atoms with Crippen molar-refractivity contribution in [2.45, 2.75) is 25.4 Å². The van der Waals surface area contributed by atoms with Gasteiger partial charge in [-0.15, -0.1) is 0 Å². The van der Waals surface area contributed by atoms with E-state index >= 15 is 0 Å². The second-order valence-corrected chi connectivity index (χ2v) is 8.23. The van der Waals surface area contributed by atoms with Crippen LogP contribution in [0, 0.1) is 13.8 Å². The van der Waals surface area contributed by atoms with Gasteiger partial charge in [0.2, 0.25) is 5.89 Å². The van der Waals surface area contributed by atoms with Crippen LogP contribution in [0.25, 0.3) is 11.5 Å². The van der Waals surface area contributed by atoms with Gasteiger partial charge in [-0.25, -0.2) is 9.98 Å². The van der Waals surface area contributed by atoms with E-state index in [0.29, 0.717) is 5.89 Å². The number of aromatic nitrogens is 1. The number of para-hydroxylation sites is 1. The standard InChI is InChI=1S/C20H18N2OS2/c1-13-7-8-17(14(2)9-13)19-21-16(10-23-19)12-25-20-22-18-6-4-3-5-15(18)11-24-20/h3-10H,11-12H2,1-2H3. The van der Waals surface area contributed by atoms with Gasteiger partial charge in [-0.3, -0.25) is 0 Å². The predicted molar refractivity (Wildman–Crippen MR) is 108 cm³/mol. The summed E-state index contributed by atoms with van der Waals surface area (Å²) in [7, 11) is 0. The number of aliphatic imine (C=N–C) groups is 1. The number of rotatable bonds is 3. The summed E-state index contributed by atoms with van der Waals surface area (Å²) in [5.41, 5.74) is 6.82. The number of oxazole rings is 1. The Morgan fingerprint density at radius 1 is 1.16 bits per heavy atom. The molecule has 126 valence electrons. The third-order valence-corrected chi connectivity index (χ3v) is 6.34. The van der Waals surface area contributed by atoms with Crippen LogP contribution in [0.4, 0.5) is 5.69 Å². The molecule has 3 nitrogen and oxygen atoms in total. The Labute approximate surface area is 156 Å². The van der Waals surface area contributed by atoms with Crippen molar-refractivity contribution < 1.29 is 4.42 Å². The fourth-order valence-corrected chi connectivity index (χ4v) is 4.71. The van der Waals surface area contributed by atoms with E-state index in [4.69, 9.17) is 9.41 Å². The lowest BCUT2D eigenvalue weighted by Gasteiger charge is -2.13. The third-order valence-electron chi connectivity index (χ3n) is 4.06. The fourth-order valence-electron chi connectivity index (χ4n) is 2.77. The number of hydrogen-bond donors (Lipinski definition) is 0. The van der Waals surface area contributed by atoms with Gasteiger partial charge in [0.15, 0.2) is 0 Å². The average molecular weight is 367 g/mol. The molecule has 0 N–H and O–H groups in total. The lowest BCUT2D eigenvalue weighted by atomic mass is 10.1. The first-order chi connectivity index (χ1) is 12.2. The largest absolute Gasteiger partial charge is 0.444 e. The van der Waals surface area contributed by atoms with Crippen LogP contribution in [0.1, 0.15) is 22.4 Å². The minimum Gasteiger partial charge on any atom is -0.444 e. The Morgan fingerprint density at radius 2 is 2.04 bits per heavy atom. The van der Waals surface area contributed by atoms with Gasteiger partial charge in [-0.2, -0.15) is 0 Å². The molecule has 0 spiro atoms. The minimum atomic E-state index is 0.691. The van der Waals surface area contributed by atoms with Gasteiger partial charge in [0.1, 0.15) is 10.6 Å². The molecule has 0 aliphatic carbocycles. The first-order valence-corrected chi connectivity index (χ1v) is 10.1. The molecule has 0 unspecified atom stereocenters. The second kappa shape index (κ2) is 7.10. The Balaban J connectivity index is 1.46. The highest BCUT2D eigenvalue weighted by Crippen LogP contribution is 2.35. The zero-order valence-electron chi connectivity index (χ0n) is 14.2. The van der Waals surface area contributed by atoms with Gasteiger partial charge in [0, 0.05) is 17.1 Å². The lowest BCUT2D eigenvalue weighted by Crippen LogP contribution is -1.96. The highest BCUT2D eigenvalue weighted by Gasteiger charge is 2.14. The molecule has 0 bridgehead atoms. The van der Waals surface area contributed by atoms with E-state index in [1.165, 1.54) is 16.7 Å². The quantitative estimate of drug-likeness (QED) is 0.559. The molecule has 0 fully saturated rings.